The van der Waals surface area contributed by atoms with Crippen LogP contribution in [-0.2, 0) is 16.9 Å². The van der Waals surface area contributed by atoms with Gasteiger partial charge in [-0.1, -0.05) is 12.1 Å². The normalized spacial score (nSPS) is 11.9. The minimum absolute atomic E-state index is 0.343. The summed E-state index contributed by atoms with van der Waals surface area (Å²) in [7, 11) is -2.29. The van der Waals surface area contributed by atoms with Crippen LogP contribution in [0.1, 0.15) is 0 Å². The second-order valence-corrected chi connectivity index (χ2v) is 5.78. The van der Waals surface area contributed by atoms with Crippen LogP contribution in [0.2, 0.25) is 0 Å². The van der Waals surface area contributed by atoms with Crippen LogP contribution in [0.4, 0.5) is 0 Å². The molecule has 1 heterocycles. The molecule has 17 heavy (non-hydrogen) atoms. The minimum atomic E-state index is -3.76. The highest BCUT2D eigenvalue weighted by Gasteiger charge is 2.22. The SMILES string of the molecule is Cn1c(=O)c(S(C)(=O)=O)c(O)c2ccccc21. The molecule has 5 nitrogen and oxygen atoms in total. The Hall–Kier alpha value is -1.82. The zero-order chi connectivity index (χ0) is 12.8. The molecule has 6 heteroatoms. The Morgan fingerprint density at radius 2 is 1.82 bits per heavy atom. The summed E-state index contributed by atoms with van der Waals surface area (Å²) in [4.78, 5) is 11.3. The highest BCUT2D eigenvalue weighted by atomic mass is 32.2. The van der Waals surface area contributed by atoms with E-state index in [2.05, 4.69) is 0 Å². The van der Waals surface area contributed by atoms with Crippen molar-refractivity contribution in [3.05, 3.63) is 34.6 Å². The van der Waals surface area contributed by atoms with Gasteiger partial charge in [0.2, 0.25) is 0 Å². The van der Waals surface area contributed by atoms with Crippen molar-refractivity contribution in [3.63, 3.8) is 0 Å². The van der Waals surface area contributed by atoms with E-state index in [0.29, 0.717) is 10.9 Å². The first kappa shape index (κ1) is 11.7. The first-order valence-corrected chi connectivity index (χ1v) is 6.74. The Kier molecular flexibility index (Phi) is 2.46. The zero-order valence-electron chi connectivity index (χ0n) is 9.34. The summed E-state index contributed by atoms with van der Waals surface area (Å²) < 4.78 is 24.2. The van der Waals surface area contributed by atoms with E-state index in [-0.39, 0.29) is 0 Å². The lowest BCUT2D eigenvalue weighted by Gasteiger charge is -2.10. The molecule has 0 bridgehead atoms. The van der Waals surface area contributed by atoms with Crippen LogP contribution in [0.3, 0.4) is 0 Å². The van der Waals surface area contributed by atoms with Gasteiger partial charge in [0.05, 0.1) is 5.52 Å². The Labute approximate surface area is 97.9 Å². The number of benzene rings is 1. The lowest BCUT2D eigenvalue weighted by atomic mass is 10.2. The van der Waals surface area contributed by atoms with Crippen LogP contribution in [0, 0.1) is 0 Å². The van der Waals surface area contributed by atoms with Gasteiger partial charge in [0.1, 0.15) is 5.75 Å². The van der Waals surface area contributed by atoms with Gasteiger partial charge in [-0.2, -0.15) is 0 Å². The largest absolute Gasteiger partial charge is 0.506 e. The fourth-order valence-corrected chi connectivity index (χ4v) is 2.70. The lowest BCUT2D eigenvalue weighted by Crippen LogP contribution is -2.23. The number of para-hydroxylation sites is 1. The van der Waals surface area contributed by atoms with E-state index in [9.17, 15) is 18.3 Å². The number of aromatic hydroxyl groups is 1. The number of rotatable bonds is 1. The summed E-state index contributed by atoms with van der Waals surface area (Å²) in [6, 6.07) is 6.58. The van der Waals surface area contributed by atoms with Crippen LogP contribution in [0.25, 0.3) is 10.9 Å². The third-order valence-corrected chi connectivity index (χ3v) is 3.71. The average Bonchev–Trinajstić information content (AvgIpc) is 2.24. The second kappa shape index (κ2) is 3.59. The second-order valence-electron chi connectivity index (χ2n) is 3.83. The molecule has 0 saturated carbocycles. The predicted molar refractivity (Wildman–Crippen MR) is 64.0 cm³/mol. The highest BCUT2D eigenvalue weighted by Crippen LogP contribution is 2.28. The molecular formula is C11H11NO4S. The van der Waals surface area contributed by atoms with Gasteiger partial charge in [-0.15, -0.1) is 0 Å². The summed E-state index contributed by atoms with van der Waals surface area (Å²) in [5.41, 5.74) is -0.230. The summed E-state index contributed by atoms with van der Waals surface area (Å²) in [5, 5.41) is 10.2. The van der Waals surface area contributed by atoms with Crippen LogP contribution in [-0.4, -0.2) is 24.3 Å². The molecule has 0 unspecified atom stereocenters. The monoisotopic (exact) mass is 253 g/mol. The average molecular weight is 253 g/mol. The minimum Gasteiger partial charge on any atom is -0.506 e. The molecule has 0 aliphatic heterocycles. The molecule has 1 aromatic carbocycles. The van der Waals surface area contributed by atoms with E-state index >= 15 is 0 Å². The summed E-state index contributed by atoms with van der Waals surface area (Å²) in [6.45, 7) is 0. The molecule has 0 fully saturated rings. The van der Waals surface area contributed by atoms with Crippen LogP contribution in [0.5, 0.6) is 5.75 Å². The number of sulfone groups is 1. The third-order valence-electron chi connectivity index (χ3n) is 2.61. The first-order chi connectivity index (χ1) is 7.84. The maximum absolute atomic E-state index is 11.9. The summed E-state index contributed by atoms with van der Waals surface area (Å²) in [6.07, 6.45) is 0.901. The van der Waals surface area contributed by atoms with Crippen molar-refractivity contribution in [2.24, 2.45) is 7.05 Å². The van der Waals surface area contributed by atoms with Crippen LogP contribution >= 0.6 is 0 Å². The summed E-state index contributed by atoms with van der Waals surface area (Å²) in [5.74, 6) is -0.480. The molecule has 1 aromatic heterocycles. The molecule has 0 saturated heterocycles. The van der Waals surface area contributed by atoms with Gasteiger partial charge in [0.25, 0.3) is 5.56 Å². The maximum atomic E-state index is 11.9. The quantitative estimate of drug-likeness (QED) is 0.809. The molecule has 90 valence electrons. The van der Waals surface area contributed by atoms with E-state index in [1.807, 2.05) is 0 Å². The number of fused-ring (bicyclic) bond motifs is 1. The lowest BCUT2D eigenvalue weighted by molar-refractivity contribution is 0.461. The first-order valence-electron chi connectivity index (χ1n) is 4.85. The van der Waals surface area contributed by atoms with E-state index in [0.717, 1.165) is 6.26 Å². The standard InChI is InChI=1S/C11H11NO4S/c1-12-8-6-4-3-5-7(8)9(13)10(11(12)14)17(2,15)16/h3-6,13H,1-2H3. The van der Waals surface area contributed by atoms with Gasteiger partial charge < -0.3 is 9.67 Å². The van der Waals surface area contributed by atoms with E-state index in [1.54, 1.807) is 24.3 Å². The topological polar surface area (TPSA) is 76.4 Å². The molecule has 1 N–H and O–H groups in total. The molecular weight excluding hydrogens is 242 g/mol. The number of pyridine rings is 1. The molecule has 0 radical (unpaired) electrons. The number of nitrogens with zero attached hydrogens (tertiary/aromatic N) is 1. The predicted octanol–water partition coefficient (Wildman–Crippen LogP) is 0.648. The van der Waals surface area contributed by atoms with E-state index < -0.39 is 26.0 Å². The fraction of sp³-hybridized carbons (Fsp3) is 0.182. The van der Waals surface area contributed by atoms with Crippen LogP contribution in [0.15, 0.2) is 34.0 Å². The number of hydrogen-bond donors (Lipinski definition) is 1. The van der Waals surface area contributed by atoms with Crippen LogP contribution < -0.4 is 5.56 Å². The van der Waals surface area contributed by atoms with Crippen molar-refractivity contribution in [1.82, 2.24) is 4.57 Å². The zero-order valence-corrected chi connectivity index (χ0v) is 10.2. The summed E-state index contributed by atoms with van der Waals surface area (Å²) >= 11 is 0. The molecule has 0 aliphatic carbocycles. The van der Waals surface area contributed by atoms with Crippen molar-refractivity contribution in [2.75, 3.05) is 6.26 Å². The van der Waals surface area contributed by atoms with Gasteiger partial charge in [-0.25, -0.2) is 8.42 Å². The molecule has 0 aliphatic rings. The Morgan fingerprint density at radius 1 is 1.24 bits per heavy atom. The Bertz CT molecular complexity index is 759. The van der Waals surface area contributed by atoms with Crippen molar-refractivity contribution in [3.8, 4) is 5.75 Å². The van der Waals surface area contributed by atoms with E-state index in [4.69, 9.17) is 0 Å². The molecule has 2 aromatic rings. The van der Waals surface area contributed by atoms with Gasteiger partial charge in [0, 0.05) is 18.7 Å². The van der Waals surface area contributed by atoms with Gasteiger partial charge in [0.15, 0.2) is 14.7 Å². The highest BCUT2D eigenvalue weighted by molar-refractivity contribution is 7.90. The molecule has 0 amide bonds. The van der Waals surface area contributed by atoms with Crippen molar-refractivity contribution in [1.29, 1.82) is 0 Å². The van der Waals surface area contributed by atoms with Gasteiger partial charge in [-0.05, 0) is 12.1 Å². The van der Waals surface area contributed by atoms with Crippen molar-refractivity contribution < 1.29 is 13.5 Å². The third kappa shape index (κ3) is 1.70. The number of aryl methyl sites for hydroxylation is 1. The Balaban J connectivity index is 3.14. The van der Waals surface area contributed by atoms with Gasteiger partial charge in [-0.3, -0.25) is 4.79 Å². The number of aromatic nitrogens is 1. The van der Waals surface area contributed by atoms with Crippen molar-refractivity contribution in [2.45, 2.75) is 4.90 Å². The molecule has 2 rings (SSSR count). The number of hydrogen-bond acceptors (Lipinski definition) is 4. The molecule has 0 spiro atoms. The Morgan fingerprint density at radius 3 is 2.41 bits per heavy atom. The smallest absolute Gasteiger partial charge is 0.273 e. The van der Waals surface area contributed by atoms with Crippen molar-refractivity contribution >= 4 is 20.7 Å². The fourth-order valence-electron chi connectivity index (χ4n) is 1.79. The van der Waals surface area contributed by atoms with E-state index in [1.165, 1.54) is 11.6 Å². The maximum Gasteiger partial charge on any atom is 0.273 e. The van der Waals surface area contributed by atoms with Gasteiger partial charge >= 0.3 is 0 Å². The molecule has 0 atom stereocenters.